The van der Waals surface area contributed by atoms with E-state index in [1.807, 2.05) is 25.1 Å². The summed E-state index contributed by atoms with van der Waals surface area (Å²) in [4.78, 5) is 4.45. The third-order valence-electron chi connectivity index (χ3n) is 2.81. The first-order valence-corrected chi connectivity index (χ1v) is 5.01. The van der Waals surface area contributed by atoms with Gasteiger partial charge in [0.2, 0.25) is 5.89 Å². The molecule has 0 radical (unpaired) electrons. The van der Waals surface area contributed by atoms with Crippen LogP contribution in [0.25, 0.3) is 22.4 Å². The van der Waals surface area contributed by atoms with Crippen molar-refractivity contribution in [3.05, 3.63) is 41.7 Å². The summed E-state index contributed by atoms with van der Waals surface area (Å²) in [5, 5.41) is 1.17. The number of hydrogen-bond donors (Lipinski definition) is 0. The number of hydrogen-bond acceptors (Lipinski definition) is 2. The number of benzene rings is 1. The van der Waals surface area contributed by atoms with Crippen molar-refractivity contribution in [1.29, 1.82) is 0 Å². The van der Waals surface area contributed by atoms with Crippen molar-refractivity contribution in [2.45, 2.75) is 13.8 Å². The summed E-state index contributed by atoms with van der Waals surface area (Å²) in [6.45, 7) is 4.02. The first-order valence-electron chi connectivity index (χ1n) is 5.01. The number of aromatic nitrogens is 1. The average molecular weight is 197 g/mol. The van der Waals surface area contributed by atoms with Crippen LogP contribution in [0.2, 0.25) is 0 Å². The lowest BCUT2D eigenvalue weighted by molar-refractivity contribution is 0.514. The monoisotopic (exact) mass is 197 g/mol. The molecule has 0 N–H and O–H groups in total. The van der Waals surface area contributed by atoms with E-state index in [1.165, 1.54) is 10.9 Å². The molecule has 3 rings (SSSR count). The average Bonchev–Trinajstić information content (AvgIpc) is 2.57. The predicted molar refractivity (Wildman–Crippen MR) is 60.1 cm³/mol. The van der Waals surface area contributed by atoms with Crippen molar-refractivity contribution in [3.63, 3.8) is 0 Å². The number of nitrogens with zero attached hydrogens (tertiary/aromatic N) is 1. The molecule has 0 atom stereocenters. The molecule has 2 nitrogen and oxygen atoms in total. The van der Waals surface area contributed by atoms with Gasteiger partial charge in [0.1, 0.15) is 5.76 Å². The molecule has 15 heavy (non-hydrogen) atoms. The minimum Gasteiger partial charge on any atom is -0.443 e. The minimum absolute atomic E-state index is 0.735. The third-order valence-corrected chi connectivity index (χ3v) is 2.81. The van der Waals surface area contributed by atoms with E-state index in [-0.39, 0.29) is 0 Å². The zero-order valence-electron chi connectivity index (χ0n) is 8.74. The van der Waals surface area contributed by atoms with E-state index in [2.05, 4.69) is 24.0 Å². The van der Waals surface area contributed by atoms with Crippen molar-refractivity contribution in [2.24, 2.45) is 0 Å². The number of para-hydroxylation sites is 1. The van der Waals surface area contributed by atoms with Gasteiger partial charge in [-0.1, -0.05) is 18.2 Å². The molecule has 0 fully saturated rings. The van der Waals surface area contributed by atoms with Gasteiger partial charge in [0, 0.05) is 10.9 Å². The predicted octanol–water partition coefficient (Wildman–Crippen LogP) is 3.55. The maximum absolute atomic E-state index is 5.67. The number of fused-ring (bicyclic) bond motifs is 3. The first-order chi connectivity index (χ1) is 7.25. The van der Waals surface area contributed by atoms with E-state index in [9.17, 15) is 0 Å². The Morgan fingerprint density at radius 3 is 2.80 bits per heavy atom. The fourth-order valence-corrected chi connectivity index (χ4v) is 1.84. The summed E-state index contributed by atoms with van der Waals surface area (Å²) < 4.78 is 5.67. The highest BCUT2D eigenvalue weighted by Gasteiger charge is 2.14. The highest BCUT2D eigenvalue weighted by molar-refractivity contribution is 5.95. The van der Waals surface area contributed by atoms with E-state index >= 15 is 0 Å². The Kier molecular flexibility index (Phi) is 1.60. The second-order valence-corrected chi connectivity index (χ2v) is 3.83. The van der Waals surface area contributed by atoms with Gasteiger partial charge in [-0.25, -0.2) is 4.98 Å². The number of aryl methyl sites for hydroxylation is 2. The van der Waals surface area contributed by atoms with Crippen LogP contribution >= 0.6 is 0 Å². The lowest BCUT2D eigenvalue weighted by Gasteiger charge is -2.02. The molecule has 2 aliphatic rings. The normalized spacial score (nSPS) is 11.3. The molecular formula is C13H11NO. The zero-order chi connectivity index (χ0) is 10.4. The molecule has 0 unspecified atom stereocenters. The van der Waals surface area contributed by atoms with Gasteiger partial charge in [0.15, 0.2) is 0 Å². The quantitative estimate of drug-likeness (QED) is 0.550. The SMILES string of the molecule is Cc1cc2c3ccccc3nc-2oc1C. The van der Waals surface area contributed by atoms with Gasteiger partial charge >= 0.3 is 0 Å². The van der Waals surface area contributed by atoms with Crippen LogP contribution in [0.5, 0.6) is 0 Å². The second-order valence-electron chi connectivity index (χ2n) is 3.83. The van der Waals surface area contributed by atoms with Crippen LogP contribution in [0.4, 0.5) is 0 Å². The Morgan fingerprint density at radius 2 is 1.93 bits per heavy atom. The highest BCUT2D eigenvalue weighted by atomic mass is 16.3. The van der Waals surface area contributed by atoms with Crippen LogP contribution in [0, 0.1) is 13.8 Å². The van der Waals surface area contributed by atoms with Crippen LogP contribution in [0.15, 0.2) is 34.7 Å². The molecule has 0 bridgehead atoms. The molecule has 2 aliphatic heterocycles. The van der Waals surface area contributed by atoms with Gasteiger partial charge in [-0.3, -0.25) is 0 Å². The maximum Gasteiger partial charge on any atom is 0.227 e. The molecule has 0 saturated heterocycles. The van der Waals surface area contributed by atoms with E-state index < -0.39 is 0 Å². The molecule has 0 spiro atoms. The molecule has 1 aromatic rings. The molecule has 0 saturated carbocycles. The summed E-state index contributed by atoms with van der Waals surface area (Å²) in [5.41, 5.74) is 3.27. The number of rotatable bonds is 0. The Bertz CT molecular complexity index is 609. The summed E-state index contributed by atoms with van der Waals surface area (Å²) in [7, 11) is 0. The minimum atomic E-state index is 0.735. The molecule has 74 valence electrons. The van der Waals surface area contributed by atoms with Crippen LogP contribution < -0.4 is 0 Å². The van der Waals surface area contributed by atoms with Crippen LogP contribution in [-0.4, -0.2) is 4.98 Å². The van der Waals surface area contributed by atoms with E-state index in [0.29, 0.717) is 0 Å². The Labute approximate surface area is 87.9 Å². The van der Waals surface area contributed by atoms with Crippen LogP contribution in [0.1, 0.15) is 11.3 Å². The highest BCUT2D eigenvalue weighted by Crippen LogP contribution is 2.32. The fourth-order valence-electron chi connectivity index (χ4n) is 1.84. The second kappa shape index (κ2) is 2.83. The van der Waals surface area contributed by atoms with Crippen molar-refractivity contribution in [2.75, 3.05) is 0 Å². The van der Waals surface area contributed by atoms with Crippen molar-refractivity contribution in [1.82, 2.24) is 4.98 Å². The Balaban J connectivity index is 2.50. The van der Waals surface area contributed by atoms with Crippen molar-refractivity contribution in [3.8, 4) is 11.5 Å². The lowest BCUT2D eigenvalue weighted by Crippen LogP contribution is -1.84. The molecule has 2 heteroatoms. The van der Waals surface area contributed by atoms with Gasteiger partial charge in [-0.2, -0.15) is 0 Å². The molecule has 1 aromatic carbocycles. The molecule has 0 aliphatic carbocycles. The van der Waals surface area contributed by atoms with E-state index in [0.717, 1.165) is 22.7 Å². The molecule has 0 amide bonds. The smallest absolute Gasteiger partial charge is 0.227 e. The van der Waals surface area contributed by atoms with Gasteiger partial charge in [0.25, 0.3) is 0 Å². The summed E-state index contributed by atoms with van der Waals surface area (Å²) in [6, 6.07) is 10.3. The topological polar surface area (TPSA) is 26.0 Å². The van der Waals surface area contributed by atoms with E-state index in [1.54, 1.807) is 0 Å². The Morgan fingerprint density at radius 1 is 1.13 bits per heavy atom. The molecule has 2 heterocycles. The lowest BCUT2D eigenvalue weighted by atomic mass is 10.1. The van der Waals surface area contributed by atoms with Gasteiger partial charge < -0.3 is 4.42 Å². The third kappa shape index (κ3) is 1.14. The van der Waals surface area contributed by atoms with Crippen molar-refractivity contribution < 1.29 is 4.42 Å². The zero-order valence-corrected chi connectivity index (χ0v) is 8.74. The fraction of sp³-hybridized carbons (Fsp3) is 0.154. The molecular weight excluding hydrogens is 186 g/mol. The largest absolute Gasteiger partial charge is 0.443 e. The summed E-state index contributed by atoms with van der Waals surface area (Å²) >= 11 is 0. The van der Waals surface area contributed by atoms with Gasteiger partial charge in [-0.15, -0.1) is 0 Å². The van der Waals surface area contributed by atoms with E-state index in [4.69, 9.17) is 4.42 Å². The van der Waals surface area contributed by atoms with Crippen LogP contribution in [0.3, 0.4) is 0 Å². The first kappa shape index (κ1) is 8.48. The Hall–Kier alpha value is -1.83. The van der Waals surface area contributed by atoms with Crippen molar-refractivity contribution >= 4 is 10.9 Å². The molecule has 0 aromatic heterocycles. The maximum atomic E-state index is 5.67. The summed E-state index contributed by atoms with van der Waals surface area (Å²) in [5.74, 6) is 1.67. The summed E-state index contributed by atoms with van der Waals surface area (Å²) in [6.07, 6.45) is 0. The van der Waals surface area contributed by atoms with Gasteiger partial charge in [-0.05, 0) is 31.5 Å². The van der Waals surface area contributed by atoms with Gasteiger partial charge in [0.05, 0.1) is 5.52 Å². The van der Waals surface area contributed by atoms with Crippen LogP contribution in [-0.2, 0) is 0 Å². The standard InChI is InChI=1S/C13H11NO/c1-8-7-11-10-5-3-4-6-12(10)14-13(11)15-9(8)2/h3-7H,1-2H3.